The van der Waals surface area contributed by atoms with Crippen molar-refractivity contribution in [2.24, 2.45) is 0 Å². The molecule has 13 nitrogen and oxygen atoms in total. The number of aromatic nitrogens is 6. The molecule has 14 rings (SSSR count). The van der Waals surface area contributed by atoms with Crippen LogP contribution in [0.25, 0.3) is 30.6 Å². The molecule has 438 valence electrons. The molecule has 6 aromatic heterocycles. The van der Waals surface area contributed by atoms with Crippen molar-refractivity contribution in [2.75, 3.05) is 44.9 Å². The van der Waals surface area contributed by atoms with Crippen molar-refractivity contribution >= 4 is 93.7 Å². The third-order valence-electron chi connectivity index (χ3n) is 18.8. The highest BCUT2D eigenvalue weighted by Gasteiger charge is 2.30. The number of Topliss-reactive ketones (excluding diaryl/α,β-unsaturated/α-hetero) is 1. The smallest absolute Gasteiger partial charge is 0.225 e. The number of benzene rings is 2. The number of halogens is 1. The minimum atomic E-state index is 0.295. The number of hydrogen-bond acceptors (Lipinski definition) is 16. The summed E-state index contributed by atoms with van der Waals surface area (Å²) in [7, 11) is 6.43. The molecule has 0 amide bonds. The number of nitrogens with one attached hydrogen (secondary N) is 3. The van der Waals surface area contributed by atoms with Crippen molar-refractivity contribution in [3.63, 3.8) is 0 Å². The second kappa shape index (κ2) is 27.4. The Balaban J connectivity index is 0.000000125. The average molecular weight is 1190 g/mol. The highest BCUT2D eigenvalue weighted by molar-refractivity contribution is 7.19. The fourth-order valence-electron chi connectivity index (χ4n) is 14.1. The predicted molar refractivity (Wildman–Crippen MR) is 344 cm³/mol. The lowest BCUT2D eigenvalue weighted by Crippen LogP contribution is -2.41. The van der Waals surface area contributed by atoms with Crippen molar-refractivity contribution in [2.45, 2.75) is 190 Å². The second-order valence-electron chi connectivity index (χ2n) is 24.2. The number of hydrogen-bond donors (Lipinski definition) is 3. The maximum absolute atomic E-state index is 12.5. The van der Waals surface area contributed by atoms with Crippen LogP contribution >= 0.6 is 45.6 Å². The molecule has 0 bridgehead atoms. The number of ketones is 1. The van der Waals surface area contributed by atoms with Gasteiger partial charge in [-0.15, -0.1) is 34.0 Å². The summed E-state index contributed by atoms with van der Waals surface area (Å²) in [6, 6.07) is 21.0. The van der Waals surface area contributed by atoms with Crippen LogP contribution in [0, 0.1) is 0 Å². The van der Waals surface area contributed by atoms with E-state index < -0.39 is 0 Å². The van der Waals surface area contributed by atoms with E-state index >= 15 is 0 Å². The Hall–Kier alpha value is -5.20. The van der Waals surface area contributed by atoms with Gasteiger partial charge in [-0.3, -0.25) is 9.69 Å². The van der Waals surface area contributed by atoms with Crippen LogP contribution in [-0.4, -0.2) is 116 Å². The highest BCUT2D eigenvalue weighted by atomic mass is 35.5. The van der Waals surface area contributed by atoms with Gasteiger partial charge in [0.15, 0.2) is 5.78 Å². The summed E-state index contributed by atoms with van der Waals surface area (Å²) in [4.78, 5) is 52.4. The van der Waals surface area contributed by atoms with E-state index in [0.29, 0.717) is 55.1 Å². The molecule has 2 unspecified atom stereocenters. The van der Waals surface area contributed by atoms with Crippen LogP contribution < -0.4 is 20.7 Å². The van der Waals surface area contributed by atoms with Gasteiger partial charge >= 0.3 is 0 Å². The first-order valence-corrected chi connectivity index (χ1v) is 33.9. The zero-order valence-electron chi connectivity index (χ0n) is 48.8. The third-order valence-corrected chi connectivity index (χ3v) is 22.7. The van der Waals surface area contributed by atoms with E-state index in [-0.39, 0.29) is 0 Å². The maximum atomic E-state index is 12.5. The van der Waals surface area contributed by atoms with Crippen LogP contribution in [0.1, 0.15) is 145 Å². The van der Waals surface area contributed by atoms with Gasteiger partial charge in [0.05, 0.1) is 22.7 Å². The Morgan fingerprint density at radius 3 is 1.66 bits per heavy atom. The molecule has 8 aromatic rings. The normalized spacial score (nSPS) is 22.1. The summed E-state index contributed by atoms with van der Waals surface area (Å²) < 4.78 is 6.35. The Morgan fingerprint density at radius 1 is 0.566 bits per heavy atom. The van der Waals surface area contributed by atoms with Crippen molar-refractivity contribution in [1.82, 2.24) is 45.0 Å². The van der Waals surface area contributed by atoms with E-state index in [1.54, 1.807) is 19.0 Å². The van der Waals surface area contributed by atoms with Gasteiger partial charge in [0.25, 0.3) is 0 Å². The van der Waals surface area contributed by atoms with E-state index in [9.17, 15) is 4.79 Å². The Morgan fingerprint density at radius 2 is 1.08 bits per heavy atom. The molecule has 2 atom stereocenters. The molecule has 17 heteroatoms. The topological polar surface area (TPSA) is 146 Å². The molecule has 0 saturated heterocycles. The molecule has 3 saturated carbocycles. The number of carbonyl (C=O) groups is 1. The minimum Gasteiger partial charge on any atom is -0.474 e. The van der Waals surface area contributed by atoms with Crippen molar-refractivity contribution in [3.8, 4) is 5.88 Å². The number of likely N-dealkylation sites (N-methyl/N-ethyl adjacent to an activating group) is 2. The number of fused-ring (bicyclic) bond motifs is 9. The zero-order chi connectivity index (χ0) is 56.7. The van der Waals surface area contributed by atoms with Crippen molar-refractivity contribution in [1.29, 1.82) is 0 Å². The fraction of sp³-hybridized carbons (Fsp3) is 0.530. The number of nitrogens with zero attached hydrogens (tertiary/aromatic N) is 8. The molecule has 3 fully saturated rings. The third kappa shape index (κ3) is 13.9. The van der Waals surface area contributed by atoms with Gasteiger partial charge in [-0.2, -0.15) is 0 Å². The summed E-state index contributed by atoms with van der Waals surface area (Å²) in [5.74, 6) is 3.22. The molecule has 2 aromatic carbocycles. The zero-order valence-corrected chi connectivity index (χ0v) is 52.0. The quantitative estimate of drug-likeness (QED) is 0.0790. The number of carbonyl (C=O) groups excluding carboxylic acids is 1. The van der Waals surface area contributed by atoms with Gasteiger partial charge in [0, 0.05) is 62.8 Å². The molecule has 3 N–H and O–H groups in total. The van der Waals surface area contributed by atoms with Crippen molar-refractivity contribution in [3.05, 3.63) is 121 Å². The van der Waals surface area contributed by atoms with Crippen LogP contribution in [0.5, 0.6) is 5.88 Å². The number of thiophene rings is 3. The van der Waals surface area contributed by atoms with E-state index in [0.717, 1.165) is 107 Å². The first-order valence-electron chi connectivity index (χ1n) is 31.0. The molecule has 0 spiro atoms. The minimum absolute atomic E-state index is 0.295. The first kappa shape index (κ1) is 58.2. The van der Waals surface area contributed by atoms with Gasteiger partial charge in [0.2, 0.25) is 5.88 Å². The molecule has 6 aliphatic carbocycles. The summed E-state index contributed by atoms with van der Waals surface area (Å²) in [6.45, 7) is 1.59. The largest absolute Gasteiger partial charge is 0.474 e. The average Bonchev–Trinajstić information content (AvgIpc) is 3.23. The molecule has 6 aliphatic rings. The first-order chi connectivity index (χ1) is 40.7. The van der Waals surface area contributed by atoms with E-state index in [4.69, 9.17) is 16.3 Å². The Kier molecular flexibility index (Phi) is 19.2. The molecule has 0 radical (unpaired) electrons. The highest BCUT2D eigenvalue weighted by Crippen LogP contribution is 2.43. The lowest BCUT2D eigenvalue weighted by Gasteiger charge is -2.35. The Bertz CT molecular complexity index is 3460. The lowest BCUT2D eigenvalue weighted by molar-refractivity contribution is -0.119. The number of aryl methyl sites for hydroxylation is 6. The SMILES string of the molecule is CN(CC(=O)Cc1ccccc1)C1CCC(Nc2ncnc3sc4c(c23)CCC4)CC1.CN(CCc1ccccc1Cl)C1CCC(Nc2ncnc3sc4c(c23)CCC4)CC1.CNC1CCCC(Oc2ncnc3sc4c(c23)CCC4)CC1. The van der Waals surface area contributed by atoms with Crippen LogP contribution in [0.3, 0.4) is 0 Å². The molecular weight excluding hydrogens is 1110 g/mol. The molecule has 6 heterocycles. The summed E-state index contributed by atoms with van der Waals surface area (Å²) >= 11 is 11.9. The van der Waals surface area contributed by atoms with Crippen LogP contribution in [0.15, 0.2) is 73.6 Å². The summed E-state index contributed by atoms with van der Waals surface area (Å²) in [6.07, 6.45) is 33.0. The van der Waals surface area contributed by atoms with Crippen LogP contribution in [0.2, 0.25) is 5.02 Å². The van der Waals surface area contributed by atoms with E-state index in [1.807, 2.05) is 76.5 Å². The van der Waals surface area contributed by atoms with Crippen LogP contribution in [-0.2, 0) is 56.2 Å². The number of ether oxygens (including phenoxy) is 1. The van der Waals surface area contributed by atoms with Gasteiger partial charge in [-0.1, -0.05) is 60.1 Å². The molecule has 83 heavy (non-hydrogen) atoms. The summed E-state index contributed by atoms with van der Waals surface area (Å²) in [5.41, 5.74) is 6.79. The van der Waals surface area contributed by atoms with Gasteiger partial charge in [0.1, 0.15) is 51.2 Å². The Labute approximate surface area is 507 Å². The van der Waals surface area contributed by atoms with Gasteiger partial charge < -0.3 is 25.6 Å². The van der Waals surface area contributed by atoms with Crippen molar-refractivity contribution < 1.29 is 9.53 Å². The fourth-order valence-corrected chi connectivity index (χ4v) is 18.0. The molecular formula is C66H82ClN11O2S3. The maximum Gasteiger partial charge on any atom is 0.225 e. The number of anilines is 2. The predicted octanol–water partition coefficient (Wildman–Crippen LogP) is 13.9. The number of rotatable bonds is 16. The monoisotopic (exact) mass is 1190 g/mol. The van der Waals surface area contributed by atoms with E-state index in [1.165, 1.54) is 143 Å². The van der Waals surface area contributed by atoms with E-state index in [2.05, 4.69) is 88.9 Å². The van der Waals surface area contributed by atoms with Gasteiger partial charge in [-0.05, 0) is 203 Å². The second-order valence-corrected chi connectivity index (χ2v) is 27.9. The lowest BCUT2D eigenvalue weighted by atomic mass is 9.90. The summed E-state index contributed by atoms with van der Waals surface area (Å²) in [5, 5.41) is 15.6. The standard InChI is InChI=1S/C25H30N4OS.C24H29ClN4S.C17H23N3OS/c1-29(15-20(30)14-17-6-3-2-4-7-17)19-12-10-18(11-13-19)28-24-23-21-8-5-9-22(21)31-25(23)27-16-26-24;1-29(14-13-16-5-2-3-7-20(16)25)18-11-9-17(10-12-18)28-23-22-19-6-4-8-21(19)30-24(22)27-15-26-23;1-18-11-4-2-5-12(9-8-11)21-16-15-13-6-3-7-14(13)22-17(15)20-10-19-16/h2-4,6-7,16,18-19H,5,8-15H2,1H3,(H,26,27,28);2-3,5,7,15,17-18H,4,6,8-14H2,1H3,(H,26,27,28);10-12,18H,2-9H2,1H3. The molecule has 0 aliphatic heterocycles. The van der Waals surface area contributed by atoms with Gasteiger partial charge in [-0.25, -0.2) is 29.9 Å². The van der Waals surface area contributed by atoms with Crippen LogP contribution in [0.4, 0.5) is 11.6 Å².